The molecule has 17 heavy (non-hydrogen) atoms. The summed E-state index contributed by atoms with van der Waals surface area (Å²) in [5, 5.41) is 5.18. The van der Waals surface area contributed by atoms with E-state index in [4.69, 9.17) is 0 Å². The largest absolute Gasteiger partial charge is 0.450 e. The van der Waals surface area contributed by atoms with Gasteiger partial charge in [0, 0.05) is 13.1 Å². The Morgan fingerprint density at radius 3 is 3.00 bits per heavy atom. The second-order valence-electron chi connectivity index (χ2n) is 3.41. The summed E-state index contributed by atoms with van der Waals surface area (Å²) in [5.41, 5.74) is -1.14. The quantitative estimate of drug-likeness (QED) is 0.648. The van der Waals surface area contributed by atoms with E-state index in [1.165, 1.54) is 4.57 Å². The zero-order valence-electron chi connectivity index (χ0n) is 9.20. The van der Waals surface area contributed by atoms with Gasteiger partial charge in [0.2, 0.25) is 0 Å². The Morgan fingerprint density at radius 2 is 2.29 bits per heavy atom. The number of aromatic nitrogens is 2. The fourth-order valence-electron chi connectivity index (χ4n) is 1.64. The highest BCUT2D eigenvalue weighted by molar-refractivity contribution is 5.88. The fourth-order valence-corrected chi connectivity index (χ4v) is 1.64. The van der Waals surface area contributed by atoms with Gasteiger partial charge in [0.15, 0.2) is 5.69 Å². The van der Waals surface area contributed by atoms with Crippen molar-refractivity contribution in [1.82, 2.24) is 9.55 Å². The first-order valence-electron chi connectivity index (χ1n) is 5.18. The third-order valence-corrected chi connectivity index (χ3v) is 2.33. The molecule has 0 unspecified atom stereocenters. The van der Waals surface area contributed by atoms with Crippen LogP contribution in [0.2, 0.25) is 0 Å². The summed E-state index contributed by atoms with van der Waals surface area (Å²) in [6.07, 6.45) is -0.729. The minimum atomic E-state index is -0.729. The van der Waals surface area contributed by atoms with Crippen LogP contribution in [0.25, 0.3) is 0 Å². The lowest BCUT2D eigenvalue weighted by Crippen LogP contribution is -2.32. The van der Waals surface area contributed by atoms with Crippen molar-refractivity contribution in [3.63, 3.8) is 0 Å². The summed E-state index contributed by atoms with van der Waals surface area (Å²) in [7, 11) is 0. The second kappa shape index (κ2) is 4.32. The van der Waals surface area contributed by atoms with Crippen LogP contribution >= 0.6 is 0 Å². The van der Waals surface area contributed by atoms with Crippen molar-refractivity contribution in [2.24, 2.45) is 0 Å². The summed E-state index contributed by atoms with van der Waals surface area (Å²) in [5.74, 6) is 0.312. The van der Waals surface area contributed by atoms with Crippen LogP contribution in [0.3, 0.4) is 0 Å². The van der Waals surface area contributed by atoms with Gasteiger partial charge in [-0.3, -0.25) is 19.7 Å². The van der Waals surface area contributed by atoms with Crippen LogP contribution in [0, 0.1) is 0 Å². The van der Waals surface area contributed by atoms with E-state index in [-0.39, 0.29) is 12.3 Å². The molecule has 1 aromatic rings. The van der Waals surface area contributed by atoms with Crippen LogP contribution in [0.5, 0.6) is 0 Å². The number of nitrogens with zero attached hydrogens (tertiary/aromatic N) is 1. The molecule has 0 bridgehead atoms. The molecule has 3 N–H and O–H groups in total. The predicted octanol–water partition coefficient (Wildman–Crippen LogP) is -0.469. The first-order valence-corrected chi connectivity index (χ1v) is 5.18. The smallest absolute Gasteiger partial charge is 0.411 e. The molecule has 1 aromatic heterocycles. The minimum absolute atomic E-state index is 0.000509. The molecular formula is C9H12N4O4. The molecule has 2 rings (SSSR count). The lowest BCUT2D eigenvalue weighted by atomic mass is 10.4. The molecule has 0 saturated carbocycles. The second-order valence-corrected chi connectivity index (χ2v) is 3.41. The van der Waals surface area contributed by atoms with Crippen molar-refractivity contribution < 1.29 is 9.53 Å². The molecule has 8 heteroatoms. The normalized spacial score (nSPS) is 12.8. The van der Waals surface area contributed by atoms with Crippen LogP contribution < -0.4 is 21.9 Å². The summed E-state index contributed by atoms with van der Waals surface area (Å²) >= 11 is 0. The molecule has 0 radical (unpaired) electrons. The number of hydrogen-bond donors (Lipinski definition) is 3. The average Bonchev–Trinajstić information content (AvgIpc) is 2.73. The van der Waals surface area contributed by atoms with E-state index >= 15 is 0 Å². The molecule has 1 amide bonds. The summed E-state index contributed by atoms with van der Waals surface area (Å²) in [6.45, 7) is 2.83. The zero-order chi connectivity index (χ0) is 12.4. The van der Waals surface area contributed by atoms with E-state index in [9.17, 15) is 14.4 Å². The SMILES string of the molecule is CCOC(=O)Nc1c2n(c(=O)[nH]c1=O)CCN2. The molecule has 0 fully saturated rings. The van der Waals surface area contributed by atoms with Gasteiger partial charge in [0.05, 0.1) is 6.61 Å². The number of hydrogen-bond acceptors (Lipinski definition) is 5. The van der Waals surface area contributed by atoms with Gasteiger partial charge < -0.3 is 10.1 Å². The number of rotatable bonds is 2. The summed E-state index contributed by atoms with van der Waals surface area (Å²) in [4.78, 5) is 36.4. The number of ether oxygens (including phenoxy) is 1. The van der Waals surface area contributed by atoms with Crippen LogP contribution in [-0.2, 0) is 11.3 Å². The lowest BCUT2D eigenvalue weighted by Gasteiger charge is -2.09. The van der Waals surface area contributed by atoms with Crippen molar-refractivity contribution in [1.29, 1.82) is 0 Å². The number of anilines is 2. The van der Waals surface area contributed by atoms with Crippen molar-refractivity contribution in [3.8, 4) is 0 Å². The number of carbonyl (C=O) groups is 1. The molecule has 2 heterocycles. The molecule has 0 atom stereocenters. The average molecular weight is 240 g/mol. The molecule has 1 aliphatic rings. The molecule has 92 valence electrons. The maximum atomic E-state index is 11.6. The van der Waals surface area contributed by atoms with E-state index < -0.39 is 17.3 Å². The molecule has 0 spiro atoms. The maximum absolute atomic E-state index is 11.6. The predicted molar refractivity (Wildman–Crippen MR) is 60.5 cm³/mol. The molecule has 8 nitrogen and oxygen atoms in total. The summed E-state index contributed by atoms with van der Waals surface area (Å²) < 4.78 is 6.02. The lowest BCUT2D eigenvalue weighted by molar-refractivity contribution is 0.168. The Labute approximate surface area is 95.6 Å². The Balaban J connectivity index is 2.41. The van der Waals surface area contributed by atoms with Gasteiger partial charge in [0.25, 0.3) is 5.56 Å². The highest BCUT2D eigenvalue weighted by atomic mass is 16.5. The third-order valence-electron chi connectivity index (χ3n) is 2.33. The third kappa shape index (κ3) is 2.01. The van der Waals surface area contributed by atoms with E-state index in [1.54, 1.807) is 6.92 Å². The number of aromatic amines is 1. The Kier molecular flexibility index (Phi) is 2.86. The van der Waals surface area contributed by atoms with Crippen LogP contribution in [0.4, 0.5) is 16.3 Å². The van der Waals surface area contributed by atoms with Gasteiger partial charge in [-0.2, -0.15) is 0 Å². The van der Waals surface area contributed by atoms with Gasteiger partial charge in [-0.1, -0.05) is 0 Å². The van der Waals surface area contributed by atoms with Crippen LogP contribution in [-0.4, -0.2) is 28.8 Å². The Morgan fingerprint density at radius 1 is 1.53 bits per heavy atom. The van der Waals surface area contributed by atoms with Gasteiger partial charge in [0.1, 0.15) is 5.82 Å². The fraction of sp³-hybridized carbons (Fsp3) is 0.444. The molecular weight excluding hydrogens is 228 g/mol. The van der Waals surface area contributed by atoms with Crippen molar-refractivity contribution >= 4 is 17.6 Å². The molecule has 0 saturated heterocycles. The van der Waals surface area contributed by atoms with Crippen LogP contribution in [0.1, 0.15) is 6.92 Å². The van der Waals surface area contributed by atoms with Gasteiger partial charge in [-0.05, 0) is 6.92 Å². The van der Waals surface area contributed by atoms with Gasteiger partial charge >= 0.3 is 11.8 Å². The number of nitrogens with one attached hydrogen (secondary N) is 3. The van der Waals surface area contributed by atoms with Crippen molar-refractivity contribution in [2.45, 2.75) is 13.5 Å². The van der Waals surface area contributed by atoms with E-state index in [0.717, 1.165) is 0 Å². The number of H-pyrrole nitrogens is 1. The molecule has 0 aromatic carbocycles. The Hall–Kier alpha value is -2.25. The first kappa shape index (κ1) is 11.2. The number of amides is 1. The minimum Gasteiger partial charge on any atom is -0.450 e. The van der Waals surface area contributed by atoms with E-state index in [1.807, 2.05) is 0 Å². The van der Waals surface area contributed by atoms with Gasteiger partial charge in [-0.15, -0.1) is 0 Å². The first-order chi connectivity index (χ1) is 8.13. The van der Waals surface area contributed by atoms with Crippen molar-refractivity contribution in [2.75, 3.05) is 23.8 Å². The number of carbonyl (C=O) groups excluding carboxylic acids is 1. The topological polar surface area (TPSA) is 105 Å². The van der Waals surface area contributed by atoms with E-state index in [2.05, 4.69) is 20.4 Å². The standard InChI is InChI=1S/C9H12N4O4/c1-2-17-9(16)11-5-6-10-3-4-13(6)8(15)12-7(5)14/h10H,2-4H2,1H3,(H,11,16)(H,12,14,15). The Bertz CT molecular complexity index is 559. The molecule has 0 aliphatic carbocycles. The van der Waals surface area contributed by atoms with E-state index in [0.29, 0.717) is 18.9 Å². The highest BCUT2D eigenvalue weighted by Crippen LogP contribution is 2.18. The van der Waals surface area contributed by atoms with Crippen molar-refractivity contribution in [3.05, 3.63) is 20.8 Å². The maximum Gasteiger partial charge on any atom is 0.411 e. The number of fused-ring (bicyclic) bond motifs is 1. The highest BCUT2D eigenvalue weighted by Gasteiger charge is 2.20. The monoisotopic (exact) mass is 240 g/mol. The zero-order valence-corrected chi connectivity index (χ0v) is 9.20. The van der Waals surface area contributed by atoms with Gasteiger partial charge in [-0.25, -0.2) is 9.59 Å². The molecule has 1 aliphatic heterocycles. The van der Waals surface area contributed by atoms with Crippen LogP contribution in [0.15, 0.2) is 9.59 Å². The summed E-state index contributed by atoms with van der Waals surface area (Å²) in [6, 6.07) is 0.